The van der Waals surface area contributed by atoms with Gasteiger partial charge in [-0.25, -0.2) is 4.68 Å². The number of carbonyl (C=O) groups excluding carboxylic acids is 1. The van der Waals surface area contributed by atoms with Gasteiger partial charge in [0.05, 0.1) is 6.54 Å². The third-order valence-electron chi connectivity index (χ3n) is 4.43. The Balaban J connectivity index is 1.49. The van der Waals surface area contributed by atoms with E-state index >= 15 is 0 Å². The van der Waals surface area contributed by atoms with Gasteiger partial charge in [0.15, 0.2) is 5.82 Å². The molecule has 7 nitrogen and oxygen atoms in total. The van der Waals surface area contributed by atoms with E-state index < -0.39 is 0 Å². The van der Waals surface area contributed by atoms with Crippen LogP contribution in [-0.2, 0) is 17.9 Å². The van der Waals surface area contributed by atoms with Crippen LogP contribution < -0.4 is 5.32 Å². The highest BCUT2D eigenvalue weighted by atomic mass is 16.2. The van der Waals surface area contributed by atoms with Gasteiger partial charge in [-0.15, -0.1) is 5.10 Å². The zero-order chi connectivity index (χ0) is 14.7. The van der Waals surface area contributed by atoms with E-state index in [1.54, 1.807) is 4.68 Å². The second kappa shape index (κ2) is 6.51. The molecule has 2 aliphatic rings. The predicted octanol–water partition coefficient (Wildman–Crippen LogP) is 0.431. The van der Waals surface area contributed by atoms with Gasteiger partial charge < -0.3 is 5.32 Å². The zero-order valence-electron chi connectivity index (χ0n) is 12.7. The van der Waals surface area contributed by atoms with Crippen molar-refractivity contribution >= 4 is 5.91 Å². The van der Waals surface area contributed by atoms with Gasteiger partial charge >= 0.3 is 0 Å². The normalized spacial score (nSPS) is 20.6. The van der Waals surface area contributed by atoms with Crippen LogP contribution in [0.1, 0.15) is 38.4 Å². The van der Waals surface area contributed by atoms with E-state index in [0.717, 1.165) is 37.9 Å². The molecule has 1 amide bonds. The topological polar surface area (TPSA) is 75.9 Å². The molecule has 3 rings (SSSR count). The Bertz CT molecular complexity index is 476. The Morgan fingerprint density at radius 2 is 2.05 bits per heavy atom. The number of nitrogens with one attached hydrogen (secondary N) is 1. The van der Waals surface area contributed by atoms with E-state index in [4.69, 9.17) is 0 Å². The molecule has 0 unspecified atom stereocenters. The molecule has 0 atom stereocenters. The number of carbonyl (C=O) groups is 1. The third-order valence-corrected chi connectivity index (χ3v) is 4.43. The maximum absolute atomic E-state index is 11.9. The summed E-state index contributed by atoms with van der Waals surface area (Å²) in [7, 11) is 0. The predicted molar refractivity (Wildman–Crippen MR) is 77.2 cm³/mol. The van der Waals surface area contributed by atoms with Crippen LogP contribution in [0.2, 0.25) is 0 Å². The summed E-state index contributed by atoms with van der Waals surface area (Å²) in [6, 6.07) is 0. The van der Waals surface area contributed by atoms with Crippen molar-refractivity contribution in [2.75, 3.05) is 19.6 Å². The average molecular weight is 292 g/mol. The van der Waals surface area contributed by atoms with Gasteiger partial charge in [-0.05, 0) is 61.0 Å². The molecule has 116 valence electrons. The molecule has 7 heteroatoms. The highest BCUT2D eigenvalue weighted by Gasteiger charge is 2.22. The second-order valence-corrected chi connectivity index (χ2v) is 6.46. The molecule has 0 radical (unpaired) electrons. The van der Waals surface area contributed by atoms with Crippen molar-refractivity contribution in [3.8, 4) is 0 Å². The molecule has 1 N–H and O–H groups in total. The molecule has 1 saturated carbocycles. The molecule has 2 heterocycles. The number of piperidine rings is 1. The Hall–Kier alpha value is -1.50. The van der Waals surface area contributed by atoms with E-state index in [0.29, 0.717) is 5.92 Å². The molecule has 1 aromatic heterocycles. The van der Waals surface area contributed by atoms with Gasteiger partial charge in [0, 0.05) is 6.54 Å². The summed E-state index contributed by atoms with van der Waals surface area (Å²) >= 11 is 0. The van der Waals surface area contributed by atoms with Crippen LogP contribution in [0.25, 0.3) is 0 Å². The fraction of sp³-hybridized carbons (Fsp3) is 0.857. The molecule has 1 aliphatic heterocycles. The lowest BCUT2D eigenvalue weighted by Crippen LogP contribution is -2.34. The number of hydrogen-bond acceptors (Lipinski definition) is 5. The summed E-state index contributed by atoms with van der Waals surface area (Å²) in [6.45, 7) is 6.21. The summed E-state index contributed by atoms with van der Waals surface area (Å²) < 4.78 is 1.63. The first-order chi connectivity index (χ1) is 10.2. The number of rotatable bonds is 6. The highest BCUT2D eigenvalue weighted by Crippen LogP contribution is 2.27. The van der Waals surface area contributed by atoms with Gasteiger partial charge in [0.1, 0.15) is 6.54 Å². The number of hydrogen-bond donors (Lipinski definition) is 1. The highest BCUT2D eigenvalue weighted by molar-refractivity contribution is 5.75. The molecular formula is C14H24N6O. The van der Waals surface area contributed by atoms with Crippen LogP contribution >= 0.6 is 0 Å². The first-order valence-corrected chi connectivity index (χ1v) is 7.95. The molecule has 0 bridgehead atoms. The van der Waals surface area contributed by atoms with Crippen molar-refractivity contribution in [2.24, 2.45) is 11.8 Å². The Morgan fingerprint density at radius 1 is 1.29 bits per heavy atom. The Kier molecular flexibility index (Phi) is 4.48. The van der Waals surface area contributed by atoms with Crippen molar-refractivity contribution in [2.45, 2.75) is 45.7 Å². The van der Waals surface area contributed by atoms with Gasteiger partial charge in [-0.3, -0.25) is 9.69 Å². The standard InChI is InChI=1S/C14H24N6O/c1-11-4-6-19(7-5-11)9-13-16-17-18-20(13)10-14(21)15-8-12-2-3-12/h11-12H,2-10H2,1H3,(H,15,21). The molecule has 0 spiro atoms. The summed E-state index contributed by atoms with van der Waals surface area (Å²) in [4.78, 5) is 14.3. The zero-order valence-corrected chi connectivity index (χ0v) is 12.7. The lowest BCUT2D eigenvalue weighted by molar-refractivity contribution is -0.122. The molecule has 1 aliphatic carbocycles. The van der Waals surface area contributed by atoms with Crippen LogP contribution in [0.5, 0.6) is 0 Å². The average Bonchev–Trinajstić information content (AvgIpc) is 3.21. The molecule has 2 fully saturated rings. The smallest absolute Gasteiger partial charge is 0.241 e. The van der Waals surface area contributed by atoms with Gasteiger partial charge in [-0.1, -0.05) is 6.92 Å². The first kappa shape index (κ1) is 14.4. The Morgan fingerprint density at radius 3 is 2.76 bits per heavy atom. The van der Waals surface area contributed by atoms with Gasteiger partial charge in [-0.2, -0.15) is 0 Å². The summed E-state index contributed by atoms with van der Waals surface area (Å²) in [5.74, 6) is 2.29. The number of likely N-dealkylation sites (tertiary alicyclic amines) is 1. The quantitative estimate of drug-likeness (QED) is 0.823. The number of nitrogens with zero attached hydrogens (tertiary/aromatic N) is 5. The fourth-order valence-electron chi connectivity index (χ4n) is 2.65. The van der Waals surface area contributed by atoms with E-state index in [-0.39, 0.29) is 12.5 Å². The largest absolute Gasteiger partial charge is 0.354 e. The van der Waals surface area contributed by atoms with Crippen LogP contribution in [0, 0.1) is 11.8 Å². The number of aromatic nitrogens is 4. The van der Waals surface area contributed by atoms with E-state index in [1.807, 2.05) is 0 Å². The maximum atomic E-state index is 11.9. The summed E-state index contributed by atoms with van der Waals surface area (Å²) in [5.41, 5.74) is 0. The lowest BCUT2D eigenvalue weighted by Gasteiger charge is -2.29. The second-order valence-electron chi connectivity index (χ2n) is 6.46. The minimum absolute atomic E-state index is 0.00252. The van der Waals surface area contributed by atoms with Crippen LogP contribution in [0.4, 0.5) is 0 Å². The lowest BCUT2D eigenvalue weighted by atomic mass is 9.99. The van der Waals surface area contributed by atoms with E-state index in [1.165, 1.54) is 25.7 Å². The minimum atomic E-state index is 0.00252. The molecule has 21 heavy (non-hydrogen) atoms. The molecular weight excluding hydrogens is 268 g/mol. The third kappa shape index (κ3) is 4.23. The van der Waals surface area contributed by atoms with E-state index in [9.17, 15) is 4.79 Å². The van der Waals surface area contributed by atoms with E-state index in [2.05, 4.69) is 32.7 Å². The SMILES string of the molecule is CC1CCN(Cc2nnnn2CC(=O)NCC2CC2)CC1. The van der Waals surface area contributed by atoms with Gasteiger partial charge in [0.2, 0.25) is 5.91 Å². The van der Waals surface area contributed by atoms with Crippen LogP contribution in [0.15, 0.2) is 0 Å². The number of amides is 1. The Labute approximate surface area is 125 Å². The van der Waals surface area contributed by atoms with Crippen molar-refractivity contribution < 1.29 is 4.79 Å². The fourth-order valence-corrected chi connectivity index (χ4v) is 2.65. The summed E-state index contributed by atoms with van der Waals surface area (Å²) in [5, 5.41) is 14.7. The van der Waals surface area contributed by atoms with Gasteiger partial charge in [0.25, 0.3) is 0 Å². The monoisotopic (exact) mass is 292 g/mol. The van der Waals surface area contributed by atoms with Crippen LogP contribution in [0.3, 0.4) is 0 Å². The number of tetrazole rings is 1. The molecule has 1 saturated heterocycles. The maximum Gasteiger partial charge on any atom is 0.241 e. The molecule has 0 aromatic carbocycles. The minimum Gasteiger partial charge on any atom is -0.354 e. The first-order valence-electron chi connectivity index (χ1n) is 7.95. The molecule has 1 aromatic rings. The van der Waals surface area contributed by atoms with Crippen LogP contribution in [-0.4, -0.2) is 50.6 Å². The van der Waals surface area contributed by atoms with Crippen molar-refractivity contribution in [3.63, 3.8) is 0 Å². The van der Waals surface area contributed by atoms with Crippen molar-refractivity contribution in [1.82, 2.24) is 30.4 Å². The summed E-state index contributed by atoms with van der Waals surface area (Å²) in [6.07, 6.45) is 4.93. The van der Waals surface area contributed by atoms with Crippen molar-refractivity contribution in [1.29, 1.82) is 0 Å². The van der Waals surface area contributed by atoms with Crippen molar-refractivity contribution in [3.05, 3.63) is 5.82 Å².